The summed E-state index contributed by atoms with van der Waals surface area (Å²) in [7, 11) is -1.47. The molecule has 1 fully saturated rings. The molecule has 1 aliphatic heterocycles. The van der Waals surface area contributed by atoms with Gasteiger partial charge in [-0.15, -0.1) is 0 Å². The summed E-state index contributed by atoms with van der Waals surface area (Å²) in [5.74, 6) is 0. The highest BCUT2D eigenvalue weighted by atomic mass is 28.3. The summed E-state index contributed by atoms with van der Waals surface area (Å²) >= 11 is 0. The van der Waals surface area contributed by atoms with Gasteiger partial charge in [-0.1, -0.05) is 46.1 Å². The maximum atomic E-state index is 12.8. The lowest BCUT2D eigenvalue weighted by molar-refractivity contribution is -0.0265. The molecular formula is C19H34N2O5Si. The summed E-state index contributed by atoms with van der Waals surface area (Å²) in [5.41, 5.74) is -1.01. The number of carbonyl (C=O) groups excluding carboxylic acids is 2. The van der Waals surface area contributed by atoms with E-state index in [1.807, 2.05) is 6.92 Å². The molecule has 7 nitrogen and oxygen atoms in total. The first-order valence-corrected chi connectivity index (χ1v) is 12.0. The Hall–Kier alpha value is -1.80. The highest BCUT2D eigenvalue weighted by Crippen LogP contribution is 2.45. The average Bonchev–Trinajstić information content (AvgIpc) is 2.84. The predicted molar refractivity (Wildman–Crippen MR) is 108 cm³/mol. The molecule has 8 heteroatoms. The molecule has 1 unspecified atom stereocenters. The Labute approximate surface area is 164 Å². The largest absolute Gasteiger partial charge is 0.445 e. The van der Waals surface area contributed by atoms with Crippen LogP contribution in [0.5, 0.6) is 0 Å². The van der Waals surface area contributed by atoms with E-state index in [4.69, 9.17) is 13.9 Å². The zero-order chi connectivity index (χ0) is 20.8. The quantitative estimate of drug-likeness (QED) is 0.527. The second-order valence-corrected chi connectivity index (χ2v) is 10.5. The monoisotopic (exact) mass is 398 g/mol. The van der Waals surface area contributed by atoms with E-state index in [1.165, 1.54) is 12.2 Å². The number of carbonyl (C=O) groups is 2. The topological polar surface area (TPSA) is 77.1 Å². The van der Waals surface area contributed by atoms with Gasteiger partial charge in [0.1, 0.15) is 13.2 Å². The van der Waals surface area contributed by atoms with Crippen LogP contribution in [0.4, 0.5) is 9.59 Å². The molecule has 0 aromatic rings. The van der Waals surface area contributed by atoms with Gasteiger partial charge in [0.15, 0.2) is 9.04 Å². The zero-order valence-electron chi connectivity index (χ0n) is 17.4. The summed E-state index contributed by atoms with van der Waals surface area (Å²) in [5, 5.41) is 2.86. The lowest BCUT2D eigenvalue weighted by atomic mass is 9.71. The van der Waals surface area contributed by atoms with Gasteiger partial charge in [0.05, 0.1) is 17.7 Å². The van der Waals surface area contributed by atoms with Crippen LogP contribution in [-0.2, 0) is 13.9 Å². The lowest BCUT2D eigenvalue weighted by Gasteiger charge is -2.48. The van der Waals surface area contributed by atoms with Gasteiger partial charge in [-0.25, -0.2) is 9.59 Å². The smallest absolute Gasteiger partial charge is 0.410 e. The van der Waals surface area contributed by atoms with Crippen molar-refractivity contribution in [3.63, 3.8) is 0 Å². The van der Waals surface area contributed by atoms with Crippen LogP contribution >= 0.6 is 0 Å². The van der Waals surface area contributed by atoms with Crippen molar-refractivity contribution in [2.75, 3.05) is 19.8 Å². The van der Waals surface area contributed by atoms with E-state index in [-0.39, 0.29) is 31.3 Å². The van der Waals surface area contributed by atoms with Gasteiger partial charge < -0.3 is 19.2 Å². The van der Waals surface area contributed by atoms with Crippen molar-refractivity contribution < 1.29 is 23.5 Å². The van der Waals surface area contributed by atoms with Crippen molar-refractivity contribution in [1.29, 1.82) is 0 Å². The van der Waals surface area contributed by atoms with Gasteiger partial charge in [0, 0.05) is 6.54 Å². The van der Waals surface area contributed by atoms with E-state index in [1.54, 1.807) is 4.90 Å². The van der Waals surface area contributed by atoms with Gasteiger partial charge in [0.2, 0.25) is 0 Å². The Morgan fingerprint density at radius 2 is 1.78 bits per heavy atom. The molecule has 1 rings (SSSR count). The van der Waals surface area contributed by atoms with E-state index in [2.05, 4.69) is 52.3 Å². The second kappa shape index (κ2) is 9.41. The summed E-state index contributed by atoms with van der Waals surface area (Å²) in [6, 6.07) is -0.405. The Bertz CT molecular complexity index is 561. The Kier molecular flexibility index (Phi) is 8.10. The van der Waals surface area contributed by atoms with E-state index in [0.29, 0.717) is 0 Å². The zero-order valence-corrected chi connectivity index (χ0v) is 18.6. The van der Waals surface area contributed by atoms with Gasteiger partial charge in [-0.05, 0) is 25.4 Å². The van der Waals surface area contributed by atoms with E-state index < -0.39 is 32.8 Å². The maximum Gasteiger partial charge on any atom is 0.410 e. The predicted octanol–water partition coefficient (Wildman–Crippen LogP) is 3.08. The van der Waals surface area contributed by atoms with E-state index in [9.17, 15) is 9.59 Å². The fourth-order valence-corrected chi connectivity index (χ4v) is 4.34. The number of nitrogens with zero attached hydrogens (tertiary/aromatic N) is 1. The van der Waals surface area contributed by atoms with Crippen molar-refractivity contribution in [3.8, 4) is 0 Å². The second-order valence-electron chi connectivity index (χ2n) is 8.12. The molecule has 0 saturated carbocycles. The number of hydrogen-bond donors (Lipinski definition) is 1. The van der Waals surface area contributed by atoms with Gasteiger partial charge in [0.25, 0.3) is 0 Å². The Balaban J connectivity index is 3.23. The first-order valence-electron chi connectivity index (χ1n) is 9.24. The molecule has 0 aromatic heterocycles. The molecular weight excluding hydrogens is 364 g/mol. The van der Waals surface area contributed by atoms with Crippen LogP contribution in [-0.4, -0.2) is 63.6 Å². The normalized spacial score (nSPS) is 25.2. The first-order chi connectivity index (χ1) is 12.5. The van der Waals surface area contributed by atoms with Crippen molar-refractivity contribution in [2.45, 2.75) is 58.5 Å². The summed E-state index contributed by atoms with van der Waals surface area (Å²) in [4.78, 5) is 26.5. The minimum Gasteiger partial charge on any atom is -0.445 e. The van der Waals surface area contributed by atoms with Crippen LogP contribution in [0.15, 0.2) is 25.3 Å². The Morgan fingerprint density at radius 3 is 2.26 bits per heavy atom. The number of amides is 2. The maximum absolute atomic E-state index is 12.8. The summed E-state index contributed by atoms with van der Waals surface area (Å²) in [6.45, 7) is 19.9. The molecule has 1 aliphatic rings. The van der Waals surface area contributed by atoms with Crippen molar-refractivity contribution in [2.24, 2.45) is 5.41 Å². The molecule has 0 radical (unpaired) electrons. The molecule has 1 heterocycles. The molecule has 1 saturated heterocycles. The first kappa shape index (κ1) is 23.2. The van der Waals surface area contributed by atoms with Gasteiger partial charge >= 0.3 is 12.2 Å². The highest BCUT2D eigenvalue weighted by molar-refractivity contribution is 6.48. The molecule has 0 aromatic carbocycles. The average molecular weight is 399 g/mol. The van der Waals surface area contributed by atoms with E-state index >= 15 is 0 Å². The highest BCUT2D eigenvalue weighted by Gasteiger charge is 2.60. The van der Waals surface area contributed by atoms with Crippen LogP contribution in [0.1, 0.15) is 27.7 Å². The molecule has 3 atom stereocenters. The molecule has 27 heavy (non-hydrogen) atoms. The SMILES string of the molecule is C=CCOC(=O)N[C@H]1CN(C(=O)OCC=C)[C@@](C)(C(C)(C)C)C1O[SiH](C)C. The molecule has 1 N–H and O–H groups in total. The fraction of sp³-hybridized carbons (Fsp3) is 0.684. The third kappa shape index (κ3) is 5.35. The number of likely N-dealkylation sites (tertiary alicyclic amines) is 1. The van der Waals surface area contributed by atoms with Crippen molar-refractivity contribution >= 4 is 21.2 Å². The minimum atomic E-state index is -1.47. The number of nitrogens with one attached hydrogen (secondary N) is 1. The number of alkyl carbamates (subject to hydrolysis) is 1. The van der Waals surface area contributed by atoms with Crippen LogP contribution in [0, 0.1) is 5.41 Å². The Morgan fingerprint density at radius 1 is 1.22 bits per heavy atom. The standard InChI is InChI=1S/C19H34N2O5Si/c1-9-11-24-16(22)20-14-13-21(17(23)25-12-10-2)19(6,18(3,4)5)15(14)26-27(7)8/h9-10,14-15,27H,1-2,11-13H2,3-8H3,(H,20,22)/t14-,15?,19+/m0/s1. The van der Waals surface area contributed by atoms with Crippen LogP contribution < -0.4 is 5.32 Å². The number of hydrogen-bond acceptors (Lipinski definition) is 5. The molecule has 0 bridgehead atoms. The van der Waals surface area contributed by atoms with Gasteiger partial charge in [-0.2, -0.15) is 0 Å². The summed E-state index contributed by atoms with van der Waals surface area (Å²) < 4.78 is 16.7. The van der Waals surface area contributed by atoms with Crippen LogP contribution in [0.2, 0.25) is 13.1 Å². The fourth-order valence-electron chi connectivity index (χ4n) is 3.30. The molecule has 154 valence electrons. The summed E-state index contributed by atoms with van der Waals surface area (Å²) in [6.07, 6.45) is 1.64. The third-order valence-corrected chi connectivity index (χ3v) is 5.81. The molecule has 0 aliphatic carbocycles. The van der Waals surface area contributed by atoms with Crippen LogP contribution in [0.3, 0.4) is 0 Å². The molecule has 0 spiro atoms. The van der Waals surface area contributed by atoms with E-state index in [0.717, 1.165) is 0 Å². The van der Waals surface area contributed by atoms with Crippen LogP contribution in [0.25, 0.3) is 0 Å². The number of rotatable bonds is 7. The van der Waals surface area contributed by atoms with Crippen molar-refractivity contribution in [3.05, 3.63) is 25.3 Å². The molecule has 2 amide bonds. The van der Waals surface area contributed by atoms with Crippen molar-refractivity contribution in [1.82, 2.24) is 10.2 Å². The third-order valence-electron chi connectivity index (χ3n) is 4.98. The lowest BCUT2D eigenvalue weighted by Crippen LogP contribution is -2.61. The minimum absolute atomic E-state index is 0.116. The van der Waals surface area contributed by atoms with Gasteiger partial charge in [-0.3, -0.25) is 4.90 Å². The number of ether oxygens (including phenoxy) is 2.